The van der Waals surface area contributed by atoms with Crippen molar-refractivity contribution in [2.24, 2.45) is 0 Å². The van der Waals surface area contributed by atoms with Crippen molar-refractivity contribution in [1.29, 1.82) is 0 Å². The van der Waals surface area contributed by atoms with Gasteiger partial charge in [-0.15, -0.1) is 0 Å². The molecule has 2 heterocycles. The van der Waals surface area contributed by atoms with E-state index in [2.05, 4.69) is 31.4 Å². The number of aromatic nitrogens is 4. The number of aryl methyl sites for hydroxylation is 1. The molecule has 0 aliphatic carbocycles. The van der Waals surface area contributed by atoms with Crippen molar-refractivity contribution in [2.75, 3.05) is 6.54 Å². The number of nitrogens with one attached hydrogen (secondary N) is 1. The van der Waals surface area contributed by atoms with Gasteiger partial charge in [-0.1, -0.05) is 11.6 Å². The zero-order valence-corrected chi connectivity index (χ0v) is 18.0. The summed E-state index contributed by atoms with van der Waals surface area (Å²) in [6, 6.07) is -0.850. The van der Waals surface area contributed by atoms with E-state index in [0.717, 1.165) is 4.68 Å². The number of hydrogen-bond donors (Lipinski definition) is 1. The minimum Gasteiger partial charge on any atom is -0.354 e. The Hall–Kier alpha value is -1.69. The molecule has 2 rings (SSSR count). The molecule has 1 atom stereocenters. The third-order valence-electron chi connectivity index (χ3n) is 4.30. The Morgan fingerprint density at radius 2 is 1.86 bits per heavy atom. The summed E-state index contributed by atoms with van der Waals surface area (Å²) in [5.74, 6) is -0.463. The van der Waals surface area contributed by atoms with Crippen LogP contribution >= 0.6 is 27.5 Å². The fraction of sp³-hybridized carbons (Fsp3) is 0.562. The van der Waals surface area contributed by atoms with Crippen molar-refractivity contribution in [3.05, 3.63) is 32.3 Å². The van der Waals surface area contributed by atoms with Crippen molar-refractivity contribution in [2.45, 2.75) is 52.4 Å². The second-order valence-electron chi connectivity index (χ2n) is 6.32. The van der Waals surface area contributed by atoms with Crippen molar-refractivity contribution in [1.82, 2.24) is 24.9 Å². The van der Waals surface area contributed by atoms with Crippen LogP contribution in [0.15, 0.2) is 4.47 Å². The first-order chi connectivity index (χ1) is 13.4. The molecule has 0 aromatic carbocycles. The van der Waals surface area contributed by atoms with Gasteiger partial charge in [0.05, 0.1) is 20.9 Å². The van der Waals surface area contributed by atoms with Gasteiger partial charge < -0.3 is 5.32 Å². The summed E-state index contributed by atoms with van der Waals surface area (Å²) < 4.78 is 66.8. The van der Waals surface area contributed by atoms with Crippen LogP contribution in [-0.2, 0) is 17.5 Å². The summed E-state index contributed by atoms with van der Waals surface area (Å²) in [5.41, 5.74) is -1.04. The van der Waals surface area contributed by atoms with Crippen molar-refractivity contribution >= 4 is 33.4 Å². The molecule has 0 saturated carbocycles. The maximum atomic E-state index is 12.9. The molecule has 0 saturated heterocycles. The number of alkyl halides is 5. The molecule has 1 amide bonds. The van der Waals surface area contributed by atoms with Gasteiger partial charge in [0, 0.05) is 13.1 Å². The molecule has 0 radical (unpaired) electrons. The van der Waals surface area contributed by atoms with E-state index >= 15 is 0 Å². The zero-order valence-electron chi connectivity index (χ0n) is 15.6. The molecule has 0 aliphatic heterocycles. The summed E-state index contributed by atoms with van der Waals surface area (Å²) in [6.45, 7) is 4.73. The number of nitrogens with zero attached hydrogens (tertiary/aromatic N) is 4. The first-order valence-corrected chi connectivity index (χ1v) is 9.63. The fourth-order valence-electron chi connectivity index (χ4n) is 2.66. The van der Waals surface area contributed by atoms with Crippen LogP contribution in [0.25, 0.3) is 0 Å². The minimum absolute atomic E-state index is 0.109. The van der Waals surface area contributed by atoms with Crippen LogP contribution < -0.4 is 5.32 Å². The Morgan fingerprint density at radius 1 is 1.24 bits per heavy atom. The van der Waals surface area contributed by atoms with Gasteiger partial charge in [0.25, 0.3) is 6.43 Å². The molecule has 13 heteroatoms. The lowest BCUT2D eigenvalue weighted by atomic mass is 10.3. The van der Waals surface area contributed by atoms with E-state index in [4.69, 9.17) is 11.6 Å². The summed E-state index contributed by atoms with van der Waals surface area (Å²) in [5, 5.41) is 9.41. The molecular weight excluding hydrogens is 489 g/mol. The zero-order chi connectivity index (χ0) is 22.1. The third-order valence-corrected chi connectivity index (χ3v) is 5.74. The van der Waals surface area contributed by atoms with Gasteiger partial charge in [0.15, 0.2) is 5.69 Å². The average Bonchev–Trinajstić information content (AvgIpc) is 3.09. The van der Waals surface area contributed by atoms with Crippen LogP contribution in [-0.4, -0.2) is 32.0 Å². The minimum atomic E-state index is -4.65. The number of rotatable bonds is 7. The molecule has 0 bridgehead atoms. The molecule has 2 aromatic rings. The average molecular weight is 507 g/mol. The second kappa shape index (κ2) is 8.99. The Kier molecular flexibility index (Phi) is 7.31. The quantitative estimate of drug-likeness (QED) is 0.432. The predicted molar refractivity (Wildman–Crippen MR) is 98.9 cm³/mol. The molecule has 0 aliphatic rings. The second-order valence-corrected chi connectivity index (χ2v) is 7.49. The highest BCUT2D eigenvalue weighted by molar-refractivity contribution is 9.10. The molecule has 6 nitrogen and oxygen atoms in total. The highest BCUT2D eigenvalue weighted by Gasteiger charge is 2.38. The maximum absolute atomic E-state index is 12.9. The van der Waals surface area contributed by atoms with Crippen LogP contribution in [0.4, 0.5) is 22.0 Å². The third kappa shape index (κ3) is 5.08. The Bertz CT molecular complexity index is 895. The maximum Gasteiger partial charge on any atom is 0.436 e. The van der Waals surface area contributed by atoms with Crippen molar-refractivity contribution < 1.29 is 26.7 Å². The van der Waals surface area contributed by atoms with E-state index in [0.29, 0.717) is 12.1 Å². The molecule has 1 unspecified atom stereocenters. The highest BCUT2D eigenvalue weighted by atomic mass is 79.9. The van der Waals surface area contributed by atoms with Gasteiger partial charge in [-0.05, 0) is 43.1 Å². The highest BCUT2D eigenvalue weighted by Crippen LogP contribution is 2.35. The number of amides is 1. The van der Waals surface area contributed by atoms with Crippen LogP contribution in [0.5, 0.6) is 0 Å². The van der Waals surface area contributed by atoms with E-state index in [-0.39, 0.29) is 23.3 Å². The molecular formula is C16H18BrClF5N5O. The molecule has 2 aromatic heterocycles. The molecule has 0 fully saturated rings. The van der Waals surface area contributed by atoms with E-state index in [9.17, 15) is 26.7 Å². The summed E-state index contributed by atoms with van der Waals surface area (Å²) >= 11 is 8.72. The molecule has 0 spiro atoms. The summed E-state index contributed by atoms with van der Waals surface area (Å²) in [6.07, 6.45) is -7.15. The van der Waals surface area contributed by atoms with Crippen LogP contribution in [0.3, 0.4) is 0 Å². The van der Waals surface area contributed by atoms with Gasteiger partial charge in [-0.3, -0.25) is 14.2 Å². The van der Waals surface area contributed by atoms with E-state index in [1.165, 1.54) is 18.5 Å². The van der Waals surface area contributed by atoms with Crippen LogP contribution in [0.1, 0.15) is 48.6 Å². The predicted octanol–water partition coefficient (Wildman–Crippen LogP) is 4.84. The van der Waals surface area contributed by atoms with Gasteiger partial charge >= 0.3 is 6.18 Å². The van der Waals surface area contributed by atoms with Gasteiger partial charge in [0.1, 0.15) is 11.7 Å². The van der Waals surface area contributed by atoms with Gasteiger partial charge in [-0.2, -0.15) is 23.4 Å². The SMILES string of the molecule is Cc1c(Cl)c(C(F)(F)F)nn1CCCNC(=O)C(C)n1nc(C(F)F)c(Br)c1C. The van der Waals surface area contributed by atoms with E-state index in [1.807, 2.05) is 0 Å². The monoisotopic (exact) mass is 505 g/mol. The topological polar surface area (TPSA) is 64.7 Å². The van der Waals surface area contributed by atoms with Gasteiger partial charge in [0.2, 0.25) is 5.91 Å². The molecule has 1 N–H and O–H groups in total. The normalized spacial score (nSPS) is 13.2. The fourth-order valence-corrected chi connectivity index (χ4v) is 3.34. The number of carbonyl (C=O) groups is 1. The van der Waals surface area contributed by atoms with Crippen molar-refractivity contribution in [3.8, 4) is 0 Å². The number of carbonyl (C=O) groups excluding carboxylic acids is 1. The largest absolute Gasteiger partial charge is 0.436 e. The lowest BCUT2D eigenvalue weighted by molar-refractivity contribution is -0.141. The summed E-state index contributed by atoms with van der Waals surface area (Å²) in [7, 11) is 0. The van der Waals surface area contributed by atoms with E-state index < -0.39 is 41.0 Å². The number of halogens is 7. The Balaban J connectivity index is 1.95. The Labute approximate surface area is 176 Å². The first-order valence-electron chi connectivity index (χ1n) is 8.46. The van der Waals surface area contributed by atoms with Crippen molar-refractivity contribution in [3.63, 3.8) is 0 Å². The Morgan fingerprint density at radius 3 is 2.34 bits per heavy atom. The molecule has 162 valence electrons. The van der Waals surface area contributed by atoms with E-state index in [1.54, 1.807) is 6.92 Å². The van der Waals surface area contributed by atoms with Gasteiger partial charge in [-0.25, -0.2) is 8.78 Å². The van der Waals surface area contributed by atoms with Crippen LogP contribution in [0, 0.1) is 13.8 Å². The smallest absolute Gasteiger partial charge is 0.354 e. The lowest BCUT2D eigenvalue weighted by Gasteiger charge is -2.14. The first kappa shape index (κ1) is 23.6. The standard InChI is InChI=1S/C16H18BrClF5N5O/c1-7-10(17)12(14(19)20)25-28(7)9(3)15(29)24-5-4-6-27-8(2)11(18)13(26-27)16(21,22)23/h9,14H,4-6H2,1-3H3,(H,24,29). The summed E-state index contributed by atoms with van der Waals surface area (Å²) in [4.78, 5) is 12.3. The number of hydrogen-bond acceptors (Lipinski definition) is 3. The van der Waals surface area contributed by atoms with Crippen LogP contribution in [0.2, 0.25) is 5.02 Å². The molecule has 29 heavy (non-hydrogen) atoms. The lowest BCUT2D eigenvalue weighted by Crippen LogP contribution is -2.33.